The van der Waals surface area contributed by atoms with E-state index in [4.69, 9.17) is 0 Å². The van der Waals surface area contributed by atoms with E-state index < -0.39 is 0 Å². The van der Waals surface area contributed by atoms with Crippen molar-refractivity contribution < 1.29 is 10.2 Å². The van der Waals surface area contributed by atoms with Crippen molar-refractivity contribution in [2.45, 2.75) is 112 Å². The summed E-state index contributed by atoms with van der Waals surface area (Å²) in [5.74, 6) is 2.58. The van der Waals surface area contributed by atoms with E-state index in [1.165, 1.54) is 44.9 Å². The minimum absolute atomic E-state index is 0.0269. The van der Waals surface area contributed by atoms with E-state index in [1.54, 1.807) is 16.7 Å². The fourth-order valence-electron chi connectivity index (χ4n) is 8.66. The van der Waals surface area contributed by atoms with E-state index in [0.29, 0.717) is 23.9 Å². The smallest absolute Gasteiger partial charge is 0.0594 e. The van der Waals surface area contributed by atoms with Crippen molar-refractivity contribution in [3.05, 3.63) is 22.8 Å². The van der Waals surface area contributed by atoms with E-state index in [-0.39, 0.29) is 16.9 Å². The van der Waals surface area contributed by atoms with Crippen LogP contribution in [-0.2, 0) is 0 Å². The molecule has 0 spiro atoms. The molecule has 2 N–H and O–H groups in total. The number of allylic oxidation sites excluding steroid dienone is 4. The van der Waals surface area contributed by atoms with Crippen molar-refractivity contribution in [3.63, 3.8) is 0 Å². The van der Waals surface area contributed by atoms with Gasteiger partial charge in [-0.05, 0) is 102 Å². The fourth-order valence-corrected chi connectivity index (χ4v) is 8.66. The zero-order chi connectivity index (χ0) is 22.6. The first-order valence-electron chi connectivity index (χ1n) is 13.3. The molecule has 0 aliphatic heterocycles. The standard InChI is InChI=1S/C29H48O2/c1-19(18-30)8-7-9-20(2)22-11-12-23-21-10-13-25-27(3,4)26(31)15-17-29(25,6)24(21)14-16-28(22,23)5/h12,19-20,22,25-26,30-31H,7-11,13-18H2,1-6H3/t19-,20-,22-,25+,26+,28-,29-/m1/s1. The molecule has 0 saturated heterocycles. The fraction of sp³-hybridized carbons (Fsp3) is 0.862. The molecule has 2 nitrogen and oxygen atoms in total. The highest BCUT2D eigenvalue weighted by molar-refractivity contribution is 5.49. The third-order valence-corrected chi connectivity index (χ3v) is 10.8. The molecule has 176 valence electrons. The Labute approximate surface area is 191 Å². The highest BCUT2D eigenvalue weighted by Gasteiger charge is 2.57. The van der Waals surface area contributed by atoms with E-state index >= 15 is 0 Å². The average Bonchev–Trinajstić information content (AvgIpc) is 3.08. The molecule has 31 heavy (non-hydrogen) atoms. The Balaban J connectivity index is 1.54. The largest absolute Gasteiger partial charge is 0.396 e. The van der Waals surface area contributed by atoms with Gasteiger partial charge in [0.2, 0.25) is 0 Å². The average molecular weight is 429 g/mol. The Hall–Kier alpha value is -0.600. The molecular weight excluding hydrogens is 380 g/mol. The van der Waals surface area contributed by atoms with Crippen LogP contribution in [0.3, 0.4) is 0 Å². The lowest BCUT2D eigenvalue weighted by molar-refractivity contribution is -0.0905. The second-order valence-corrected chi connectivity index (χ2v) is 12.9. The van der Waals surface area contributed by atoms with Crippen LogP contribution in [-0.4, -0.2) is 22.9 Å². The van der Waals surface area contributed by atoms with Crippen LogP contribution in [0.5, 0.6) is 0 Å². The van der Waals surface area contributed by atoms with Crippen molar-refractivity contribution >= 4 is 0 Å². The van der Waals surface area contributed by atoms with Crippen molar-refractivity contribution in [1.82, 2.24) is 0 Å². The highest BCUT2D eigenvalue weighted by atomic mass is 16.3. The maximum atomic E-state index is 10.8. The number of hydrogen-bond donors (Lipinski definition) is 2. The molecule has 4 rings (SSSR count). The van der Waals surface area contributed by atoms with E-state index in [9.17, 15) is 10.2 Å². The van der Waals surface area contributed by atoms with Crippen LogP contribution in [0.4, 0.5) is 0 Å². The van der Waals surface area contributed by atoms with Gasteiger partial charge < -0.3 is 10.2 Å². The molecule has 0 amide bonds. The molecule has 0 aromatic carbocycles. The molecule has 0 aromatic rings. The minimum Gasteiger partial charge on any atom is -0.396 e. The lowest BCUT2D eigenvalue weighted by atomic mass is 9.46. The predicted octanol–water partition coefficient (Wildman–Crippen LogP) is 7.06. The van der Waals surface area contributed by atoms with Gasteiger partial charge in [0.1, 0.15) is 0 Å². The molecule has 0 radical (unpaired) electrons. The Morgan fingerprint density at radius 3 is 2.45 bits per heavy atom. The second kappa shape index (κ2) is 8.32. The third-order valence-electron chi connectivity index (χ3n) is 10.8. The lowest BCUT2D eigenvalue weighted by Crippen LogP contribution is -2.53. The molecule has 0 unspecified atom stereocenters. The lowest BCUT2D eigenvalue weighted by Gasteiger charge is -2.59. The Morgan fingerprint density at radius 1 is 1.00 bits per heavy atom. The van der Waals surface area contributed by atoms with Crippen LogP contribution >= 0.6 is 0 Å². The topological polar surface area (TPSA) is 40.5 Å². The molecule has 2 heteroatoms. The first-order valence-corrected chi connectivity index (χ1v) is 13.3. The van der Waals surface area contributed by atoms with E-state index in [1.807, 2.05) is 0 Å². The molecule has 1 saturated carbocycles. The van der Waals surface area contributed by atoms with Crippen molar-refractivity contribution in [2.75, 3.05) is 6.61 Å². The maximum absolute atomic E-state index is 10.8. The second-order valence-electron chi connectivity index (χ2n) is 12.9. The van der Waals surface area contributed by atoms with Crippen LogP contribution in [0.15, 0.2) is 22.8 Å². The van der Waals surface area contributed by atoms with Gasteiger partial charge in [0.05, 0.1) is 6.10 Å². The quantitative estimate of drug-likeness (QED) is 0.475. The zero-order valence-electron chi connectivity index (χ0n) is 21.1. The molecule has 0 heterocycles. The maximum Gasteiger partial charge on any atom is 0.0594 e. The first kappa shape index (κ1) is 23.6. The van der Waals surface area contributed by atoms with Gasteiger partial charge in [-0.25, -0.2) is 0 Å². The third kappa shape index (κ3) is 3.68. The summed E-state index contributed by atoms with van der Waals surface area (Å²) >= 11 is 0. The Bertz CT molecular complexity index is 746. The molecular formula is C29H48O2. The summed E-state index contributed by atoms with van der Waals surface area (Å²) < 4.78 is 0. The van der Waals surface area contributed by atoms with E-state index in [2.05, 4.69) is 47.6 Å². The molecule has 4 aliphatic carbocycles. The predicted molar refractivity (Wildman–Crippen MR) is 130 cm³/mol. The molecule has 0 bridgehead atoms. The van der Waals surface area contributed by atoms with Gasteiger partial charge in [-0.1, -0.05) is 66.0 Å². The van der Waals surface area contributed by atoms with Gasteiger partial charge in [0.25, 0.3) is 0 Å². The molecule has 0 aromatic heterocycles. The summed E-state index contributed by atoms with van der Waals surface area (Å²) in [6, 6.07) is 0. The van der Waals surface area contributed by atoms with Gasteiger partial charge in [-0.2, -0.15) is 0 Å². The summed E-state index contributed by atoms with van der Waals surface area (Å²) in [4.78, 5) is 0. The van der Waals surface area contributed by atoms with Crippen LogP contribution in [0, 0.1) is 39.9 Å². The van der Waals surface area contributed by atoms with Gasteiger partial charge in [0, 0.05) is 6.61 Å². The highest BCUT2D eigenvalue weighted by Crippen LogP contribution is 2.66. The van der Waals surface area contributed by atoms with Crippen LogP contribution in [0.1, 0.15) is 106 Å². The monoisotopic (exact) mass is 428 g/mol. The summed E-state index contributed by atoms with van der Waals surface area (Å²) in [5.41, 5.74) is 5.90. The summed E-state index contributed by atoms with van der Waals surface area (Å²) in [5, 5.41) is 20.1. The Morgan fingerprint density at radius 2 is 1.74 bits per heavy atom. The number of rotatable bonds is 6. The van der Waals surface area contributed by atoms with Crippen molar-refractivity contribution in [3.8, 4) is 0 Å². The summed E-state index contributed by atoms with van der Waals surface area (Å²) in [6.07, 6.45) is 14.6. The number of fused-ring (bicyclic) bond motifs is 4. The summed E-state index contributed by atoms with van der Waals surface area (Å²) in [7, 11) is 0. The SMILES string of the molecule is C[C@@H](CO)CCC[C@@H](C)[C@H]1CC=C2C3=C(CC[C@@]21C)[C@@]1(C)CC[C@H](O)C(C)(C)[C@@H]1CC3. The van der Waals surface area contributed by atoms with Gasteiger partial charge >= 0.3 is 0 Å². The number of aliphatic hydroxyl groups excluding tert-OH is 2. The number of hydrogen-bond acceptors (Lipinski definition) is 2. The van der Waals surface area contributed by atoms with Gasteiger partial charge in [-0.3, -0.25) is 0 Å². The van der Waals surface area contributed by atoms with Crippen molar-refractivity contribution in [1.29, 1.82) is 0 Å². The van der Waals surface area contributed by atoms with Crippen LogP contribution in [0.2, 0.25) is 0 Å². The van der Waals surface area contributed by atoms with Gasteiger partial charge in [-0.15, -0.1) is 0 Å². The van der Waals surface area contributed by atoms with E-state index in [0.717, 1.165) is 31.1 Å². The normalized spacial score (nSPS) is 41.2. The molecule has 4 aliphatic rings. The summed E-state index contributed by atoms with van der Waals surface area (Å²) in [6.45, 7) is 14.7. The van der Waals surface area contributed by atoms with Crippen molar-refractivity contribution in [2.24, 2.45) is 39.9 Å². The van der Waals surface area contributed by atoms with Gasteiger partial charge in [0.15, 0.2) is 0 Å². The van der Waals surface area contributed by atoms with Crippen LogP contribution < -0.4 is 0 Å². The molecule has 1 fully saturated rings. The first-order chi connectivity index (χ1) is 14.6. The number of aliphatic hydroxyl groups is 2. The molecule has 7 atom stereocenters. The Kier molecular flexibility index (Phi) is 6.32. The zero-order valence-corrected chi connectivity index (χ0v) is 21.1. The van der Waals surface area contributed by atoms with Crippen LogP contribution in [0.25, 0.3) is 0 Å². The minimum atomic E-state index is -0.147.